The third kappa shape index (κ3) is 5.08. The van der Waals surface area contributed by atoms with E-state index in [1.807, 2.05) is 24.3 Å². The predicted octanol–water partition coefficient (Wildman–Crippen LogP) is 4.26. The number of amides is 2. The van der Waals surface area contributed by atoms with Crippen molar-refractivity contribution in [2.75, 3.05) is 20.2 Å². The topological polar surface area (TPSA) is 95.9 Å². The Morgan fingerprint density at radius 1 is 1.06 bits per heavy atom. The van der Waals surface area contributed by atoms with Gasteiger partial charge in [-0.05, 0) is 41.0 Å². The maximum Gasteiger partial charge on any atom is 0.407 e. The normalized spacial score (nSPS) is 19.7. The number of carbonyl (C=O) groups is 3. The van der Waals surface area contributed by atoms with Crippen LogP contribution in [0.2, 0.25) is 0 Å². The average Bonchev–Trinajstić information content (AvgIpc) is 3.39. The van der Waals surface area contributed by atoms with Crippen LogP contribution in [0.15, 0.2) is 48.5 Å². The molecule has 7 nitrogen and oxygen atoms in total. The molecule has 1 fully saturated rings. The Hall–Kier alpha value is -3.35. The van der Waals surface area contributed by atoms with E-state index in [0.29, 0.717) is 0 Å². The number of hydrogen-bond acceptors (Lipinski definition) is 4. The van der Waals surface area contributed by atoms with E-state index < -0.39 is 18.0 Å². The van der Waals surface area contributed by atoms with Gasteiger partial charge in [0.25, 0.3) is 0 Å². The average molecular weight is 465 g/mol. The summed E-state index contributed by atoms with van der Waals surface area (Å²) in [6.07, 6.45) is 2.41. The van der Waals surface area contributed by atoms with Gasteiger partial charge in [-0.15, -0.1) is 0 Å². The largest absolute Gasteiger partial charge is 0.481 e. The SMILES string of the molecule is CC(CN(C)C(=O)C[C@@H]1CCC[C@H]1NC(=O)OCC1c2ccccc2-c2ccccc21)C(=O)O. The first-order valence-electron chi connectivity index (χ1n) is 11.9. The van der Waals surface area contributed by atoms with Crippen molar-refractivity contribution in [3.8, 4) is 11.1 Å². The summed E-state index contributed by atoms with van der Waals surface area (Å²) in [5.41, 5.74) is 4.70. The Morgan fingerprint density at radius 3 is 2.29 bits per heavy atom. The monoisotopic (exact) mass is 464 g/mol. The summed E-state index contributed by atoms with van der Waals surface area (Å²) in [6, 6.07) is 16.3. The molecular weight excluding hydrogens is 432 g/mol. The summed E-state index contributed by atoms with van der Waals surface area (Å²) in [5.74, 6) is -1.61. The number of hydrogen-bond donors (Lipinski definition) is 2. The molecule has 7 heteroatoms. The van der Waals surface area contributed by atoms with Crippen LogP contribution >= 0.6 is 0 Å². The van der Waals surface area contributed by atoms with Gasteiger partial charge in [0.05, 0.1) is 5.92 Å². The van der Waals surface area contributed by atoms with E-state index in [1.165, 1.54) is 27.2 Å². The zero-order valence-electron chi connectivity index (χ0n) is 19.7. The number of carboxylic acids is 1. The smallest absolute Gasteiger partial charge is 0.407 e. The third-order valence-electron chi connectivity index (χ3n) is 7.14. The molecular formula is C27H32N2O5. The second-order valence-electron chi connectivity index (χ2n) is 9.49. The molecule has 1 saturated carbocycles. The van der Waals surface area contributed by atoms with Gasteiger partial charge >= 0.3 is 12.1 Å². The molecule has 0 heterocycles. The Morgan fingerprint density at radius 2 is 1.68 bits per heavy atom. The molecule has 0 radical (unpaired) electrons. The fraction of sp³-hybridized carbons (Fsp3) is 0.444. The summed E-state index contributed by atoms with van der Waals surface area (Å²) < 4.78 is 5.67. The van der Waals surface area contributed by atoms with Gasteiger partial charge in [-0.25, -0.2) is 4.79 Å². The summed E-state index contributed by atoms with van der Waals surface area (Å²) in [4.78, 5) is 37.8. The van der Waals surface area contributed by atoms with E-state index in [2.05, 4.69) is 29.6 Å². The molecule has 34 heavy (non-hydrogen) atoms. The van der Waals surface area contributed by atoms with Crippen molar-refractivity contribution >= 4 is 18.0 Å². The molecule has 0 bridgehead atoms. The van der Waals surface area contributed by atoms with E-state index in [4.69, 9.17) is 9.84 Å². The number of carbonyl (C=O) groups excluding carboxylic acids is 2. The summed E-state index contributed by atoms with van der Waals surface area (Å²) >= 11 is 0. The highest BCUT2D eigenvalue weighted by molar-refractivity contribution is 5.79. The summed E-state index contributed by atoms with van der Waals surface area (Å²) in [7, 11) is 1.63. The standard InChI is InChI=1S/C27H32N2O5/c1-17(26(31)32)15-29(2)25(30)14-18-8-7-13-24(18)28-27(33)34-16-23-21-11-5-3-9-19(21)20-10-4-6-12-22(20)23/h3-6,9-12,17-18,23-24H,7-8,13-16H2,1-2H3,(H,28,33)(H,31,32)/t17?,18-,24+/m0/s1. The highest BCUT2D eigenvalue weighted by Gasteiger charge is 2.33. The van der Waals surface area contributed by atoms with Crippen LogP contribution in [0, 0.1) is 11.8 Å². The molecule has 0 aromatic heterocycles. The highest BCUT2D eigenvalue weighted by Crippen LogP contribution is 2.44. The molecule has 2 aliphatic rings. The number of carboxylic acid groups (broad SMARTS) is 1. The van der Waals surface area contributed by atoms with Crippen molar-refractivity contribution < 1.29 is 24.2 Å². The number of aliphatic carboxylic acids is 1. The maximum atomic E-state index is 12.7. The van der Waals surface area contributed by atoms with Gasteiger partial charge in [0, 0.05) is 32.0 Å². The van der Waals surface area contributed by atoms with E-state index in [9.17, 15) is 14.4 Å². The second kappa shape index (κ2) is 10.3. The van der Waals surface area contributed by atoms with Gasteiger partial charge in [-0.2, -0.15) is 0 Å². The zero-order chi connectivity index (χ0) is 24.2. The van der Waals surface area contributed by atoms with Gasteiger partial charge < -0.3 is 20.1 Å². The minimum absolute atomic E-state index is 0.00368. The fourth-order valence-corrected chi connectivity index (χ4v) is 5.23. The van der Waals surface area contributed by atoms with Crippen LogP contribution in [0.5, 0.6) is 0 Å². The zero-order valence-corrected chi connectivity index (χ0v) is 19.7. The number of alkyl carbamates (subject to hydrolysis) is 1. The molecule has 2 aliphatic carbocycles. The second-order valence-corrected chi connectivity index (χ2v) is 9.49. The lowest BCUT2D eigenvalue weighted by Crippen LogP contribution is -2.41. The van der Waals surface area contributed by atoms with Crippen LogP contribution in [0.25, 0.3) is 11.1 Å². The summed E-state index contributed by atoms with van der Waals surface area (Å²) in [5, 5.41) is 12.1. The first-order chi connectivity index (χ1) is 16.3. The van der Waals surface area contributed by atoms with E-state index >= 15 is 0 Å². The first kappa shape index (κ1) is 23.8. The van der Waals surface area contributed by atoms with Crippen LogP contribution in [-0.2, 0) is 14.3 Å². The van der Waals surface area contributed by atoms with Crippen molar-refractivity contribution in [1.82, 2.24) is 10.2 Å². The van der Waals surface area contributed by atoms with Crippen LogP contribution in [0.4, 0.5) is 4.79 Å². The lowest BCUT2D eigenvalue weighted by atomic mass is 9.98. The molecule has 2 amide bonds. The quantitative estimate of drug-likeness (QED) is 0.609. The van der Waals surface area contributed by atoms with Crippen LogP contribution in [-0.4, -0.2) is 54.2 Å². The van der Waals surface area contributed by atoms with Crippen molar-refractivity contribution in [3.05, 3.63) is 59.7 Å². The molecule has 0 spiro atoms. The van der Waals surface area contributed by atoms with Gasteiger partial charge in [-0.1, -0.05) is 61.9 Å². The number of fused-ring (bicyclic) bond motifs is 3. The van der Waals surface area contributed by atoms with E-state index in [-0.39, 0.29) is 43.4 Å². The maximum absolute atomic E-state index is 12.7. The molecule has 0 aliphatic heterocycles. The molecule has 2 N–H and O–H groups in total. The molecule has 4 rings (SSSR count). The third-order valence-corrected chi connectivity index (χ3v) is 7.14. The Balaban J connectivity index is 1.32. The van der Waals surface area contributed by atoms with Crippen LogP contribution in [0.3, 0.4) is 0 Å². The molecule has 2 aromatic carbocycles. The van der Waals surface area contributed by atoms with E-state index in [0.717, 1.165) is 19.3 Å². The van der Waals surface area contributed by atoms with Gasteiger partial charge in [0.15, 0.2) is 0 Å². The van der Waals surface area contributed by atoms with Crippen molar-refractivity contribution in [1.29, 1.82) is 0 Å². The predicted molar refractivity (Wildman–Crippen MR) is 128 cm³/mol. The molecule has 180 valence electrons. The number of benzene rings is 2. The van der Waals surface area contributed by atoms with Crippen molar-refractivity contribution in [2.24, 2.45) is 11.8 Å². The Kier molecular flexibility index (Phi) is 7.20. The lowest BCUT2D eigenvalue weighted by molar-refractivity contribution is -0.142. The Labute approximate surface area is 200 Å². The van der Waals surface area contributed by atoms with Gasteiger partial charge in [0.1, 0.15) is 6.61 Å². The van der Waals surface area contributed by atoms with Crippen molar-refractivity contribution in [3.63, 3.8) is 0 Å². The van der Waals surface area contributed by atoms with Gasteiger partial charge in [0.2, 0.25) is 5.91 Å². The number of ether oxygens (including phenoxy) is 1. The number of nitrogens with zero attached hydrogens (tertiary/aromatic N) is 1. The molecule has 2 aromatic rings. The van der Waals surface area contributed by atoms with E-state index in [1.54, 1.807) is 14.0 Å². The van der Waals surface area contributed by atoms with Crippen LogP contribution in [0.1, 0.15) is 49.7 Å². The fourth-order valence-electron chi connectivity index (χ4n) is 5.23. The first-order valence-corrected chi connectivity index (χ1v) is 11.9. The Bertz CT molecular complexity index is 1020. The number of rotatable bonds is 8. The van der Waals surface area contributed by atoms with Crippen LogP contribution < -0.4 is 5.32 Å². The highest BCUT2D eigenvalue weighted by atomic mass is 16.5. The summed E-state index contributed by atoms with van der Waals surface area (Å²) in [6.45, 7) is 2.01. The molecule has 3 atom stereocenters. The van der Waals surface area contributed by atoms with Gasteiger partial charge in [-0.3, -0.25) is 9.59 Å². The number of nitrogens with one attached hydrogen (secondary N) is 1. The minimum atomic E-state index is -0.921. The lowest BCUT2D eigenvalue weighted by Gasteiger charge is -2.25. The molecule has 0 saturated heterocycles. The van der Waals surface area contributed by atoms with Crippen molar-refractivity contribution in [2.45, 2.75) is 44.6 Å². The minimum Gasteiger partial charge on any atom is -0.481 e. The molecule has 1 unspecified atom stereocenters.